The van der Waals surface area contributed by atoms with E-state index in [9.17, 15) is 9.59 Å². The number of hydrogen-bond donors (Lipinski definition) is 0. The first-order valence-corrected chi connectivity index (χ1v) is 7.62. The van der Waals surface area contributed by atoms with Gasteiger partial charge in [-0.25, -0.2) is 9.78 Å². The van der Waals surface area contributed by atoms with Crippen LogP contribution in [0.15, 0.2) is 28.9 Å². The van der Waals surface area contributed by atoms with Crippen LogP contribution in [0.3, 0.4) is 0 Å². The predicted octanol–water partition coefficient (Wildman–Crippen LogP) is 2.40. The maximum absolute atomic E-state index is 12.6. The molecule has 1 aromatic heterocycles. The second kappa shape index (κ2) is 5.57. The van der Waals surface area contributed by atoms with E-state index in [-0.39, 0.29) is 18.3 Å². The number of hydrogen-bond acceptors (Lipinski definition) is 4. The number of halogens is 1. The van der Waals surface area contributed by atoms with E-state index in [1.807, 2.05) is 6.07 Å². The van der Waals surface area contributed by atoms with Gasteiger partial charge in [0.15, 0.2) is 0 Å². The number of fused-ring (bicyclic) bond motifs is 3. The highest BCUT2D eigenvalue weighted by Crippen LogP contribution is 2.30. The van der Waals surface area contributed by atoms with Crippen molar-refractivity contribution in [2.45, 2.75) is 13.5 Å². The minimum absolute atomic E-state index is 0.110. The molecule has 0 bridgehead atoms. The highest BCUT2D eigenvalue weighted by atomic mass is 79.9. The molecule has 0 unspecified atom stereocenters. The molecule has 0 aliphatic carbocycles. The molecule has 0 saturated heterocycles. The summed E-state index contributed by atoms with van der Waals surface area (Å²) in [6, 6.07) is 5.42. The van der Waals surface area contributed by atoms with E-state index in [0.717, 1.165) is 5.69 Å². The molecule has 1 aromatic carbocycles. The summed E-state index contributed by atoms with van der Waals surface area (Å²) in [5.74, 6) is -0.433. The van der Waals surface area contributed by atoms with Crippen LogP contribution >= 0.6 is 15.9 Å². The number of esters is 1. The molecule has 0 fully saturated rings. The Balaban J connectivity index is 2.28. The van der Waals surface area contributed by atoms with E-state index < -0.39 is 5.97 Å². The Morgan fingerprint density at radius 3 is 2.95 bits per heavy atom. The zero-order valence-corrected chi connectivity index (χ0v) is 13.8. The topological polar surface area (TPSA) is 64.4 Å². The fourth-order valence-electron chi connectivity index (χ4n) is 2.52. The summed E-state index contributed by atoms with van der Waals surface area (Å²) >= 11 is 3.42. The third-order valence-corrected chi connectivity index (χ3v) is 4.15. The van der Waals surface area contributed by atoms with Gasteiger partial charge >= 0.3 is 5.97 Å². The summed E-state index contributed by atoms with van der Waals surface area (Å²) in [4.78, 5) is 30.5. The lowest BCUT2D eigenvalue weighted by Gasteiger charge is -2.14. The van der Waals surface area contributed by atoms with Gasteiger partial charge in [0.1, 0.15) is 0 Å². The van der Waals surface area contributed by atoms with Crippen molar-refractivity contribution in [3.63, 3.8) is 0 Å². The zero-order valence-electron chi connectivity index (χ0n) is 12.2. The number of imidazole rings is 1. The number of carbonyl (C=O) groups excluding carboxylic acids is 2. The van der Waals surface area contributed by atoms with Crippen LogP contribution in [0.5, 0.6) is 0 Å². The van der Waals surface area contributed by atoms with Crippen LogP contribution < -0.4 is 0 Å². The average molecular weight is 364 g/mol. The average Bonchev–Trinajstić information content (AvgIpc) is 2.85. The molecule has 2 heterocycles. The molecule has 7 heteroatoms. The van der Waals surface area contributed by atoms with Crippen molar-refractivity contribution in [3.05, 3.63) is 46.0 Å². The van der Waals surface area contributed by atoms with Gasteiger partial charge in [-0.05, 0) is 35.0 Å². The fourth-order valence-corrected chi connectivity index (χ4v) is 3.05. The number of aromatic nitrogens is 2. The molecule has 0 atom stereocenters. The van der Waals surface area contributed by atoms with E-state index >= 15 is 0 Å². The summed E-state index contributed by atoms with van der Waals surface area (Å²) in [6.07, 6.45) is 1.60. The van der Waals surface area contributed by atoms with E-state index in [0.29, 0.717) is 22.3 Å². The molecule has 2 aromatic rings. The van der Waals surface area contributed by atoms with Gasteiger partial charge in [0, 0.05) is 11.5 Å². The quantitative estimate of drug-likeness (QED) is 0.768. The Morgan fingerprint density at radius 1 is 1.45 bits per heavy atom. The van der Waals surface area contributed by atoms with Gasteiger partial charge in [-0.2, -0.15) is 0 Å². The molecule has 3 rings (SSSR count). The molecule has 1 amide bonds. The second-order valence-corrected chi connectivity index (χ2v) is 5.78. The lowest BCUT2D eigenvalue weighted by atomic mass is 10.1. The summed E-state index contributed by atoms with van der Waals surface area (Å²) in [5.41, 5.74) is 1.89. The SMILES string of the molecule is CCOC(=O)c1ncc2n1-c1cccc(Br)c1C(=O)N(C)C2. The summed E-state index contributed by atoms with van der Waals surface area (Å²) in [7, 11) is 1.72. The number of nitrogens with zero attached hydrogens (tertiary/aromatic N) is 3. The Labute approximate surface area is 135 Å². The highest BCUT2D eigenvalue weighted by Gasteiger charge is 2.29. The lowest BCUT2D eigenvalue weighted by molar-refractivity contribution is 0.0509. The number of ether oxygens (including phenoxy) is 1. The summed E-state index contributed by atoms with van der Waals surface area (Å²) in [6.45, 7) is 2.38. The van der Waals surface area contributed by atoms with E-state index in [1.165, 1.54) is 0 Å². The molecule has 1 aliphatic rings. The van der Waals surface area contributed by atoms with Crippen LogP contribution in [0.2, 0.25) is 0 Å². The maximum atomic E-state index is 12.6. The van der Waals surface area contributed by atoms with Crippen molar-refractivity contribution in [1.29, 1.82) is 0 Å². The van der Waals surface area contributed by atoms with Gasteiger partial charge in [0.2, 0.25) is 5.82 Å². The largest absolute Gasteiger partial charge is 0.460 e. The molecule has 0 N–H and O–H groups in total. The molecule has 0 spiro atoms. The standard InChI is InChI=1S/C15H14BrN3O3/c1-3-22-15(21)13-17-7-9-8-18(2)14(20)12-10(16)5-4-6-11(12)19(9)13/h4-7H,3,8H2,1-2H3. The molecule has 6 nitrogen and oxygen atoms in total. The Bertz CT molecular complexity index is 769. The van der Waals surface area contributed by atoms with Crippen LogP contribution in [0.4, 0.5) is 0 Å². The Hall–Kier alpha value is -2.15. The van der Waals surface area contributed by atoms with Crippen molar-refractivity contribution >= 4 is 27.8 Å². The first-order valence-electron chi connectivity index (χ1n) is 6.82. The highest BCUT2D eigenvalue weighted by molar-refractivity contribution is 9.10. The zero-order chi connectivity index (χ0) is 15.9. The maximum Gasteiger partial charge on any atom is 0.374 e. The first kappa shape index (κ1) is 14.8. The minimum atomic E-state index is -0.503. The number of amides is 1. The van der Waals surface area contributed by atoms with Crippen molar-refractivity contribution < 1.29 is 14.3 Å². The summed E-state index contributed by atoms with van der Waals surface area (Å²) in [5, 5.41) is 0. The number of carbonyl (C=O) groups is 2. The second-order valence-electron chi connectivity index (χ2n) is 4.92. The number of rotatable bonds is 2. The van der Waals surface area contributed by atoms with Crippen molar-refractivity contribution in [3.8, 4) is 5.69 Å². The van der Waals surface area contributed by atoms with Crippen molar-refractivity contribution in [2.75, 3.05) is 13.7 Å². The van der Waals surface area contributed by atoms with Gasteiger partial charge < -0.3 is 9.64 Å². The molecule has 0 radical (unpaired) electrons. The van der Waals surface area contributed by atoms with Gasteiger partial charge in [0.25, 0.3) is 5.91 Å². The monoisotopic (exact) mass is 363 g/mol. The van der Waals surface area contributed by atoms with Crippen LogP contribution in [-0.2, 0) is 11.3 Å². The van der Waals surface area contributed by atoms with Gasteiger partial charge in [-0.3, -0.25) is 9.36 Å². The normalized spacial score (nSPS) is 13.4. The third kappa shape index (κ3) is 2.21. The Morgan fingerprint density at radius 2 is 2.23 bits per heavy atom. The first-order chi connectivity index (χ1) is 10.5. The number of benzene rings is 1. The van der Waals surface area contributed by atoms with Crippen molar-refractivity contribution in [2.24, 2.45) is 0 Å². The fraction of sp³-hybridized carbons (Fsp3) is 0.267. The van der Waals surface area contributed by atoms with Gasteiger partial charge in [0.05, 0.1) is 36.3 Å². The minimum Gasteiger partial charge on any atom is -0.460 e. The Kier molecular flexibility index (Phi) is 3.74. The van der Waals surface area contributed by atoms with E-state index in [2.05, 4.69) is 20.9 Å². The van der Waals surface area contributed by atoms with Crippen LogP contribution in [0.25, 0.3) is 5.69 Å². The van der Waals surface area contributed by atoms with E-state index in [1.54, 1.807) is 41.8 Å². The van der Waals surface area contributed by atoms with Gasteiger partial charge in [-0.15, -0.1) is 0 Å². The predicted molar refractivity (Wildman–Crippen MR) is 83.0 cm³/mol. The molecule has 0 saturated carbocycles. The molecule has 114 valence electrons. The lowest BCUT2D eigenvalue weighted by Crippen LogP contribution is -2.25. The van der Waals surface area contributed by atoms with Crippen LogP contribution in [-0.4, -0.2) is 40.0 Å². The third-order valence-electron chi connectivity index (χ3n) is 3.49. The van der Waals surface area contributed by atoms with E-state index in [4.69, 9.17) is 4.74 Å². The smallest absolute Gasteiger partial charge is 0.374 e. The van der Waals surface area contributed by atoms with Gasteiger partial charge in [-0.1, -0.05) is 6.07 Å². The molecule has 22 heavy (non-hydrogen) atoms. The van der Waals surface area contributed by atoms with Crippen LogP contribution in [0.1, 0.15) is 33.6 Å². The molecule has 1 aliphatic heterocycles. The van der Waals surface area contributed by atoms with Crippen molar-refractivity contribution in [1.82, 2.24) is 14.5 Å². The molecular formula is C15H14BrN3O3. The summed E-state index contributed by atoms with van der Waals surface area (Å²) < 4.78 is 7.43. The molecular weight excluding hydrogens is 350 g/mol. The van der Waals surface area contributed by atoms with Crippen LogP contribution in [0, 0.1) is 0 Å².